The molecule has 0 spiro atoms. The molecule has 2 amide bonds. The number of carbonyl (C=O) groups is 3. The highest BCUT2D eigenvalue weighted by molar-refractivity contribution is 8.00. The zero-order chi connectivity index (χ0) is 29.7. The highest BCUT2D eigenvalue weighted by atomic mass is 32.2. The van der Waals surface area contributed by atoms with Crippen molar-refractivity contribution in [3.8, 4) is 0 Å². The number of rotatable bonds is 15. The number of carboxylic acids is 1. The first kappa shape index (κ1) is 33.5. The number of fused-ring (bicyclic) bond motifs is 1. The number of carboxylic acid groups (broad SMARTS) is 1. The summed E-state index contributed by atoms with van der Waals surface area (Å²) < 4.78 is 0. The smallest absolute Gasteiger partial charge is 0.352 e. The third kappa shape index (κ3) is 8.91. The van der Waals surface area contributed by atoms with E-state index < -0.39 is 35.8 Å². The summed E-state index contributed by atoms with van der Waals surface area (Å²) in [7, 11) is 1.26. The summed E-state index contributed by atoms with van der Waals surface area (Å²) >= 11 is 2.37. The number of aliphatic hydroxyl groups is 1. The highest BCUT2D eigenvalue weighted by Crippen LogP contribution is 2.40. The van der Waals surface area contributed by atoms with E-state index in [0.717, 1.165) is 16.2 Å². The average Bonchev–Trinajstić information content (AvgIpc) is 3.38. The Balaban J connectivity index is 0.000000366. The monoisotopic (exact) mass is 598 g/mol. The molecule has 0 unspecified atom stereocenters. The zero-order valence-electron chi connectivity index (χ0n) is 23.7. The lowest BCUT2D eigenvalue weighted by Gasteiger charge is -2.49. The van der Waals surface area contributed by atoms with Crippen molar-refractivity contribution in [2.75, 3.05) is 44.8 Å². The van der Waals surface area contributed by atoms with Crippen LogP contribution < -0.4 is 11.1 Å². The van der Waals surface area contributed by atoms with Crippen LogP contribution in [0.25, 0.3) is 0 Å². The fourth-order valence-corrected chi connectivity index (χ4v) is 6.07. The number of unbranched alkanes of at least 4 members (excludes halogenated alkanes) is 3. The minimum Gasteiger partial charge on any atom is -0.477 e. The van der Waals surface area contributed by atoms with E-state index in [2.05, 4.69) is 46.0 Å². The number of hydrogen-bond donors (Lipinski definition) is 4. The standard InChI is InChI=1S/C14H15N5O6S2.C12H27N/c1-25-18-7(6-4-27-14(15)16-6)10(21)17-8-11(22)19-9(13(23)24)5(2-20)3-26-12(8)19;1-4-7-10-13(11-8-5-2)12-9-6-3/h4,8,12,20H,2-3H2,1H3,(H2,15,16)(H,17,21)(H,23,24);4-12H2,1-3H3/b18-7-;/t8-,12+;/m1./s1. The number of aliphatic carboxylic acids is 1. The molecule has 224 valence electrons. The number of thiazole rings is 1. The third-order valence-corrected chi connectivity index (χ3v) is 8.39. The van der Waals surface area contributed by atoms with Gasteiger partial charge in [-0.1, -0.05) is 45.2 Å². The molecule has 2 atom stereocenters. The molecule has 1 fully saturated rings. The molecule has 2 aliphatic rings. The van der Waals surface area contributed by atoms with Crippen molar-refractivity contribution in [1.82, 2.24) is 20.1 Å². The van der Waals surface area contributed by atoms with E-state index in [1.54, 1.807) is 0 Å². The van der Waals surface area contributed by atoms with E-state index >= 15 is 0 Å². The number of nitrogens with two attached hydrogens (primary N) is 1. The van der Waals surface area contributed by atoms with E-state index in [-0.39, 0.29) is 33.6 Å². The topological polar surface area (TPSA) is 171 Å². The predicted molar refractivity (Wildman–Crippen MR) is 158 cm³/mol. The van der Waals surface area contributed by atoms with Gasteiger partial charge in [-0.25, -0.2) is 9.78 Å². The molecule has 5 N–H and O–H groups in total. The van der Waals surface area contributed by atoms with Crippen molar-refractivity contribution in [3.05, 3.63) is 22.3 Å². The van der Waals surface area contributed by atoms with Gasteiger partial charge in [-0.3, -0.25) is 14.5 Å². The number of β-lactam (4-membered cyclic amide) rings is 1. The number of nitrogen functional groups attached to an aromatic ring is 1. The Morgan fingerprint density at radius 3 is 2.25 bits per heavy atom. The zero-order valence-corrected chi connectivity index (χ0v) is 25.4. The fourth-order valence-electron chi connectivity index (χ4n) is 4.19. The fraction of sp³-hybridized carbons (Fsp3) is 0.654. The molecule has 40 heavy (non-hydrogen) atoms. The quantitative estimate of drug-likeness (QED) is 0.134. The number of carbonyl (C=O) groups excluding carboxylic acids is 2. The van der Waals surface area contributed by atoms with Crippen molar-refractivity contribution in [3.63, 3.8) is 0 Å². The molecule has 1 saturated heterocycles. The van der Waals surface area contributed by atoms with Crippen LogP contribution in [0.5, 0.6) is 0 Å². The summed E-state index contributed by atoms with van der Waals surface area (Å²) in [4.78, 5) is 48.8. The normalized spacial score (nSPS) is 18.6. The van der Waals surface area contributed by atoms with Crippen molar-refractivity contribution in [2.24, 2.45) is 5.16 Å². The predicted octanol–water partition coefficient (Wildman–Crippen LogP) is 2.50. The summed E-state index contributed by atoms with van der Waals surface area (Å²) in [6.07, 6.45) is 8.09. The third-order valence-electron chi connectivity index (χ3n) is 6.37. The number of nitrogens with zero attached hydrogens (tertiary/aromatic N) is 4. The summed E-state index contributed by atoms with van der Waals surface area (Å²) in [6, 6.07) is -0.935. The van der Waals surface area contributed by atoms with E-state index in [1.165, 1.54) is 82.4 Å². The van der Waals surface area contributed by atoms with Crippen LogP contribution in [0.4, 0.5) is 5.13 Å². The van der Waals surface area contributed by atoms with Gasteiger partial charge in [0, 0.05) is 11.1 Å². The summed E-state index contributed by atoms with van der Waals surface area (Å²) in [6.45, 7) is 10.3. The van der Waals surface area contributed by atoms with E-state index in [0.29, 0.717) is 0 Å². The number of nitrogens with one attached hydrogen (secondary N) is 1. The van der Waals surface area contributed by atoms with Crippen LogP contribution in [-0.2, 0) is 19.2 Å². The highest BCUT2D eigenvalue weighted by Gasteiger charge is 2.54. The molecular weight excluding hydrogens is 556 g/mol. The van der Waals surface area contributed by atoms with Gasteiger partial charge < -0.3 is 31.0 Å². The Morgan fingerprint density at radius 2 is 1.80 bits per heavy atom. The second-order valence-electron chi connectivity index (χ2n) is 9.37. The molecule has 1 aromatic rings. The molecule has 0 bridgehead atoms. The van der Waals surface area contributed by atoms with E-state index in [1.807, 2.05) is 0 Å². The molecule has 0 aliphatic carbocycles. The number of hydrogen-bond acceptors (Lipinski definition) is 11. The molecule has 3 heterocycles. The second-order valence-corrected chi connectivity index (χ2v) is 11.4. The Kier molecular flexibility index (Phi) is 14.4. The molecule has 0 aromatic carbocycles. The number of aromatic nitrogens is 1. The van der Waals surface area contributed by atoms with Gasteiger partial charge in [-0.15, -0.1) is 23.1 Å². The van der Waals surface area contributed by atoms with Crippen LogP contribution in [0.15, 0.2) is 21.8 Å². The van der Waals surface area contributed by atoms with Gasteiger partial charge in [0.2, 0.25) is 0 Å². The Hall–Kier alpha value is -2.68. The largest absolute Gasteiger partial charge is 0.477 e. The van der Waals surface area contributed by atoms with Crippen molar-refractivity contribution >= 4 is 51.7 Å². The van der Waals surface area contributed by atoms with Crippen molar-refractivity contribution in [2.45, 2.75) is 70.7 Å². The number of oxime groups is 1. The number of aliphatic hydroxyl groups excluding tert-OH is 1. The SMILES string of the molecule is CCCCN(CCCC)CCCC.CO/N=C(\C(=O)N[C@@H]1C(=O)N2C(C(=O)O)=C(CO)CS[C@@H]12)c1csc(N)n1. The molecule has 14 heteroatoms. The molecule has 0 radical (unpaired) electrons. The first-order chi connectivity index (χ1) is 19.2. The minimum absolute atomic E-state index is 0.150. The molecule has 2 aliphatic heterocycles. The summed E-state index contributed by atoms with van der Waals surface area (Å²) in [5, 5.41) is 26.0. The van der Waals surface area contributed by atoms with Crippen molar-refractivity contribution in [1.29, 1.82) is 0 Å². The molecular formula is C26H42N6O6S2. The molecule has 1 aromatic heterocycles. The van der Waals surface area contributed by atoms with E-state index in [9.17, 15) is 24.6 Å². The maximum Gasteiger partial charge on any atom is 0.352 e. The lowest BCUT2D eigenvalue weighted by atomic mass is 10.0. The minimum atomic E-state index is -1.30. The number of amides is 2. The first-order valence-corrected chi connectivity index (χ1v) is 15.5. The van der Waals surface area contributed by atoms with Crippen LogP contribution >= 0.6 is 23.1 Å². The summed E-state index contributed by atoms with van der Waals surface area (Å²) in [5.74, 6) is -2.35. The van der Waals surface area contributed by atoms with E-state index in [4.69, 9.17) is 5.73 Å². The lowest BCUT2D eigenvalue weighted by Crippen LogP contribution is -2.71. The van der Waals surface area contributed by atoms with Gasteiger partial charge in [0.25, 0.3) is 11.8 Å². The van der Waals surface area contributed by atoms with Gasteiger partial charge in [0.1, 0.15) is 29.9 Å². The second kappa shape index (κ2) is 17.2. The average molecular weight is 599 g/mol. The number of anilines is 1. The maximum absolute atomic E-state index is 12.6. The first-order valence-electron chi connectivity index (χ1n) is 13.6. The van der Waals surface area contributed by atoms with Gasteiger partial charge in [-0.05, 0) is 44.5 Å². The molecule has 0 saturated carbocycles. The van der Waals surface area contributed by atoms with Gasteiger partial charge in [0.05, 0.1) is 6.61 Å². The Labute approximate surface area is 244 Å². The van der Waals surface area contributed by atoms with Crippen LogP contribution in [0, 0.1) is 0 Å². The number of thioether (sulfide) groups is 1. The molecule has 3 rings (SSSR count). The van der Waals surface area contributed by atoms with Gasteiger partial charge >= 0.3 is 5.97 Å². The lowest BCUT2D eigenvalue weighted by molar-refractivity contribution is -0.150. The van der Waals surface area contributed by atoms with Crippen LogP contribution in [0.2, 0.25) is 0 Å². The van der Waals surface area contributed by atoms with Gasteiger partial charge in [0.15, 0.2) is 10.8 Å². The Morgan fingerprint density at radius 1 is 1.20 bits per heavy atom. The summed E-state index contributed by atoms with van der Waals surface area (Å²) in [5.41, 5.74) is 5.62. The van der Waals surface area contributed by atoms with Gasteiger partial charge in [-0.2, -0.15) is 0 Å². The Bertz CT molecular complexity index is 1040. The molecule has 12 nitrogen and oxygen atoms in total. The van der Waals surface area contributed by atoms with Crippen LogP contribution in [-0.4, -0.2) is 99.0 Å². The van der Waals surface area contributed by atoms with Crippen LogP contribution in [0.3, 0.4) is 0 Å². The maximum atomic E-state index is 12.6. The van der Waals surface area contributed by atoms with Crippen LogP contribution in [0.1, 0.15) is 65.0 Å². The van der Waals surface area contributed by atoms with Crippen molar-refractivity contribution < 1.29 is 29.4 Å².